The molecule has 2 rings (SSSR count). The standard InChI is InChI=1S/C10H18B2O11P2/c11-9-1-5(7(3-13)20-9)23-25(17,18)19-4-8-6(2-10(12)21-8)22-24(14,15)16/h5-10,13H,1-4H2,(H,17,18)(H2,14,15,16)/p-2/t5-,6-,7?,8?,9?,10?/m1/s1. The molecule has 2 aliphatic heterocycles. The quantitative estimate of drug-likeness (QED) is 0.323. The molecular weight excluding hydrogens is 380 g/mol. The van der Waals surface area contributed by atoms with E-state index in [0.29, 0.717) is 0 Å². The molecule has 0 aromatic heterocycles. The summed E-state index contributed by atoms with van der Waals surface area (Å²) in [4.78, 5) is 31.2. The van der Waals surface area contributed by atoms with Crippen LogP contribution in [0.3, 0.4) is 0 Å². The second-order valence-corrected chi connectivity index (χ2v) is 8.09. The van der Waals surface area contributed by atoms with Crippen LogP contribution in [0.2, 0.25) is 0 Å². The molecule has 0 bridgehead atoms. The first-order chi connectivity index (χ1) is 11.5. The van der Waals surface area contributed by atoms with Crippen molar-refractivity contribution >= 4 is 31.3 Å². The van der Waals surface area contributed by atoms with E-state index >= 15 is 0 Å². The van der Waals surface area contributed by atoms with E-state index in [-0.39, 0.29) is 12.8 Å². The zero-order chi connectivity index (χ0) is 18.8. The van der Waals surface area contributed by atoms with Crippen LogP contribution in [-0.4, -0.2) is 75.3 Å². The Balaban J connectivity index is 1.89. The second kappa shape index (κ2) is 8.50. The monoisotopic (exact) mass is 396 g/mol. The van der Waals surface area contributed by atoms with E-state index in [4.69, 9.17) is 39.3 Å². The lowest BCUT2D eigenvalue weighted by Crippen LogP contribution is -2.32. The van der Waals surface area contributed by atoms with Gasteiger partial charge in [-0.3, -0.25) is 9.05 Å². The highest BCUT2D eigenvalue weighted by molar-refractivity contribution is 7.47. The van der Waals surface area contributed by atoms with Gasteiger partial charge in [0.2, 0.25) is 0 Å². The van der Waals surface area contributed by atoms with Crippen molar-refractivity contribution in [3.8, 4) is 0 Å². The third-order valence-corrected chi connectivity index (χ3v) is 5.11. The van der Waals surface area contributed by atoms with E-state index < -0.39 is 65.3 Å². The molecule has 2 heterocycles. The van der Waals surface area contributed by atoms with Crippen LogP contribution in [0, 0.1) is 0 Å². The highest BCUT2D eigenvalue weighted by Crippen LogP contribution is 2.48. The number of aliphatic hydroxyl groups is 1. The van der Waals surface area contributed by atoms with Crippen LogP contribution in [0.1, 0.15) is 12.8 Å². The number of ether oxygens (including phenoxy) is 2. The maximum Gasteiger partial charge on any atom is 0.472 e. The topological polar surface area (TPSA) is 167 Å². The first kappa shape index (κ1) is 21.5. The summed E-state index contributed by atoms with van der Waals surface area (Å²) in [6, 6.07) is -1.69. The zero-order valence-corrected chi connectivity index (χ0v) is 14.7. The molecule has 4 radical (unpaired) electrons. The first-order valence-electron chi connectivity index (χ1n) is 7.28. The van der Waals surface area contributed by atoms with Crippen LogP contribution in [0.15, 0.2) is 0 Å². The number of hydrogen-bond donors (Lipinski definition) is 2. The SMILES string of the molecule is [B]C1C[C@@H](OP(=O)([O-])[O-])C(COP(=O)(O)O[C@@H]2CC([B])OC2CO)O1. The van der Waals surface area contributed by atoms with Crippen LogP contribution in [0.4, 0.5) is 0 Å². The lowest BCUT2D eigenvalue weighted by atomic mass is 9.96. The Morgan fingerprint density at radius 1 is 1.04 bits per heavy atom. The maximum absolute atomic E-state index is 12.0. The van der Waals surface area contributed by atoms with Crippen molar-refractivity contribution in [1.29, 1.82) is 0 Å². The van der Waals surface area contributed by atoms with Gasteiger partial charge in [-0.25, -0.2) is 4.57 Å². The van der Waals surface area contributed by atoms with Gasteiger partial charge in [0.05, 0.1) is 33.2 Å². The summed E-state index contributed by atoms with van der Waals surface area (Å²) in [6.07, 6.45) is -4.33. The van der Waals surface area contributed by atoms with Crippen molar-refractivity contribution in [2.75, 3.05) is 13.2 Å². The molecular formula is C10H16B2O11P2-2. The van der Waals surface area contributed by atoms with Crippen LogP contribution in [0.5, 0.6) is 0 Å². The molecule has 25 heavy (non-hydrogen) atoms. The van der Waals surface area contributed by atoms with E-state index in [1.165, 1.54) is 0 Å². The van der Waals surface area contributed by atoms with Gasteiger partial charge in [-0.05, 0) is 12.8 Å². The number of phosphoric acid groups is 2. The normalized spacial score (nSPS) is 38.7. The molecule has 0 saturated carbocycles. The van der Waals surface area contributed by atoms with Crippen LogP contribution < -0.4 is 9.79 Å². The van der Waals surface area contributed by atoms with E-state index in [0.717, 1.165) is 0 Å². The summed E-state index contributed by atoms with van der Waals surface area (Å²) >= 11 is 0. The molecule has 140 valence electrons. The second-order valence-electron chi connectivity index (χ2n) is 5.58. The molecule has 2 N–H and O–H groups in total. The molecule has 2 fully saturated rings. The fourth-order valence-electron chi connectivity index (χ4n) is 2.56. The summed E-state index contributed by atoms with van der Waals surface area (Å²) < 4.78 is 46.9. The van der Waals surface area contributed by atoms with E-state index in [9.17, 15) is 23.8 Å². The molecule has 0 amide bonds. The molecule has 0 spiro atoms. The maximum atomic E-state index is 12.0. The number of rotatable bonds is 8. The fraction of sp³-hybridized carbons (Fsp3) is 1.00. The molecule has 5 unspecified atom stereocenters. The fourth-order valence-corrected chi connectivity index (χ4v) is 4.07. The molecule has 0 aromatic carbocycles. The summed E-state index contributed by atoms with van der Waals surface area (Å²) in [6.45, 7) is -1.09. The van der Waals surface area contributed by atoms with Gasteiger partial charge in [-0.2, -0.15) is 0 Å². The smallest absolute Gasteiger partial charge is 0.472 e. The molecule has 15 heteroatoms. The van der Waals surface area contributed by atoms with E-state index in [1.807, 2.05) is 0 Å². The van der Waals surface area contributed by atoms with Crippen molar-refractivity contribution in [2.45, 2.75) is 49.3 Å². The van der Waals surface area contributed by atoms with Gasteiger partial charge in [0.1, 0.15) is 27.9 Å². The van der Waals surface area contributed by atoms with Gasteiger partial charge in [0.25, 0.3) is 0 Å². The molecule has 0 aliphatic carbocycles. The third kappa shape index (κ3) is 6.71. The Morgan fingerprint density at radius 3 is 2.08 bits per heavy atom. The van der Waals surface area contributed by atoms with Crippen molar-refractivity contribution in [3.63, 3.8) is 0 Å². The van der Waals surface area contributed by atoms with Crippen molar-refractivity contribution < 1.29 is 52.0 Å². The first-order valence-corrected chi connectivity index (χ1v) is 10.2. The lowest BCUT2D eigenvalue weighted by molar-refractivity contribution is -0.345. The summed E-state index contributed by atoms with van der Waals surface area (Å²) in [5, 5.41) is 9.12. The van der Waals surface area contributed by atoms with Crippen LogP contribution in [0.25, 0.3) is 0 Å². The minimum atomic E-state index is -5.30. The highest BCUT2D eigenvalue weighted by Gasteiger charge is 2.40. The average molecular weight is 396 g/mol. The average Bonchev–Trinajstić information content (AvgIpc) is 2.96. The Bertz CT molecular complexity index is 545. The van der Waals surface area contributed by atoms with Crippen molar-refractivity contribution in [1.82, 2.24) is 0 Å². The largest absolute Gasteiger partial charge is 0.790 e. The van der Waals surface area contributed by atoms with Crippen molar-refractivity contribution in [3.05, 3.63) is 0 Å². The molecule has 11 nitrogen and oxygen atoms in total. The van der Waals surface area contributed by atoms with Gasteiger partial charge in [-0.15, -0.1) is 0 Å². The minimum Gasteiger partial charge on any atom is -0.790 e. The van der Waals surface area contributed by atoms with Gasteiger partial charge < -0.3 is 38.3 Å². The third-order valence-electron chi connectivity index (χ3n) is 3.57. The molecule has 2 saturated heterocycles. The predicted molar refractivity (Wildman–Crippen MR) is 78.3 cm³/mol. The van der Waals surface area contributed by atoms with Gasteiger partial charge in [0, 0.05) is 12.0 Å². The van der Waals surface area contributed by atoms with Crippen LogP contribution >= 0.6 is 15.6 Å². The minimum absolute atomic E-state index is 0.0607. The van der Waals surface area contributed by atoms with Gasteiger partial charge in [-0.1, -0.05) is 0 Å². The van der Waals surface area contributed by atoms with Crippen molar-refractivity contribution in [2.24, 2.45) is 0 Å². The Labute approximate surface area is 146 Å². The summed E-state index contributed by atoms with van der Waals surface area (Å²) in [5.41, 5.74) is 0. The lowest BCUT2D eigenvalue weighted by Gasteiger charge is -2.33. The van der Waals surface area contributed by atoms with Crippen LogP contribution in [-0.2, 0) is 32.2 Å². The zero-order valence-electron chi connectivity index (χ0n) is 12.9. The number of aliphatic hydroxyl groups excluding tert-OH is 1. The Hall–Kier alpha value is 0.230. The Morgan fingerprint density at radius 2 is 1.56 bits per heavy atom. The molecule has 7 atom stereocenters. The predicted octanol–water partition coefficient (Wildman–Crippen LogP) is -2.74. The van der Waals surface area contributed by atoms with Gasteiger partial charge in [0.15, 0.2) is 0 Å². The van der Waals surface area contributed by atoms with Gasteiger partial charge >= 0.3 is 7.82 Å². The Kier molecular flexibility index (Phi) is 7.32. The number of hydrogen-bond acceptors (Lipinski definition) is 10. The van der Waals surface area contributed by atoms with E-state index in [1.54, 1.807) is 0 Å². The summed E-state index contributed by atoms with van der Waals surface area (Å²) in [7, 11) is 1.08. The van der Waals surface area contributed by atoms with E-state index in [2.05, 4.69) is 4.52 Å². The molecule has 2 aliphatic rings. The highest BCUT2D eigenvalue weighted by atomic mass is 31.2. The number of phosphoric ester groups is 2. The molecule has 0 aromatic rings. The summed E-state index contributed by atoms with van der Waals surface area (Å²) in [5.74, 6) is 0.